The molecule has 0 aromatic heterocycles. The second kappa shape index (κ2) is 3.22. The topological polar surface area (TPSA) is 12.0 Å². The molecule has 0 saturated carbocycles. The van der Waals surface area contributed by atoms with E-state index in [1.807, 2.05) is 0 Å². The lowest BCUT2D eigenvalue weighted by Crippen LogP contribution is -2.38. The van der Waals surface area contributed by atoms with Gasteiger partial charge in [0.2, 0.25) is 0 Å². The predicted molar refractivity (Wildman–Crippen MR) is 47.4 cm³/mol. The molecule has 60 valence electrons. The summed E-state index contributed by atoms with van der Waals surface area (Å²) in [5.74, 6) is 0.766. The molecule has 2 aliphatic rings. The molecule has 1 saturated heterocycles. The fourth-order valence-corrected chi connectivity index (χ4v) is 1.92. The van der Waals surface area contributed by atoms with E-state index in [0.29, 0.717) is 6.04 Å². The van der Waals surface area contributed by atoms with Crippen molar-refractivity contribution in [2.75, 3.05) is 6.54 Å². The van der Waals surface area contributed by atoms with Gasteiger partial charge >= 0.3 is 0 Å². The lowest BCUT2D eigenvalue weighted by atomic mass is 9.91. The molecular weight excluding hydrogens is 134 g/mol. The van der Waals surface area contributed by atoms with Crippen LogP contribution in [0, 0.1) is 5.92 Å². The zero-order chi connectivity index (χ0) is 7.52. The molecule has 0 radical (unpaired) electrons. The Morgan fingerprint density at radius 1 is 1.18 bits per heavy atom. The summed E-state index contributed by atoms with van der Waals surface area (Å²) >= 11 is 0. The Kier molecular flexibility index (Phi) is 2.08. The molecule has 0 amide bonds. The first-order valence-electron chi connectivity index (χ1n) is 4.53. The second-order valence-corrected chi connectivity index (χ2v) is 3.38. The maximum Gasteiger partial charge on any atom is 0.0313 e. The third-order valence-electron chi connectivity index (χ3n) is 2.55. The van der Waals surface area contributed by atoms with E-state index in [0.717, 1.165) is 12.3 Å². The van der Waals surface area contributed by atoms with Gasteiger partial charge < -0.3 is 5.32 Å². The number of nitrogens with one attached hydrogen (secondary N) is 1. The van der Waals surface area contributed by atoms with Gasteiger partial charge in [-0.2, -0.15) is 0 Å². The number of hydrogen-bond donors (Lipinski definition) is 1. The molecule has 0 aromatic rings. The number of piperidine rings is 1. The summed E-state index contributed by atoms with van der Waals surface area (Å²) in [4.78, 5) is 0. The SMILES string of the molecule is C1=CC2CCCNC2C=CC1. The van der Waals surface area contributed by atoms with E-state index in [1.165, 1.54) is 19.4 Å². The van der Waals surface area contributed by atoms with Gasteiger partial charge in [-0.15, -0.1) is 0 Å². The summed E-state index contributed by atoms with van der Waals surface area (Å²) in [6, 6.07) is 0.627. The summed E-state index contributed by atoms with van der Waals surface area (Å²) in [6.45, 7) is 1.19. The second-order valence-electron chi connectivity index (χ2n) is 3.38. The normalized spacial score (nSPS) is 36.4. The van der Waals surface area contributed by atoms with Crippen LogP contribution in [-0.2, 0) is 0 Å². The highest BCUT2D eigenvalue weighted by molar-refractivity contribution is 5.11. The maximum absolute atomic E-state index is 3.52. The molecule has 1 aliphatic heterocycles. The van der Waals surface area contributed by atoms with Crippen LogP contribution in [0.2, 0.25) is 0 Å². The molecule has 1 heteroatoms. The van der Waals surface area contributed by atoms with Crippen molar-refractivity contribution in [3.05, 3.63) is 24.3 Å². The molecule has 0 spiro atoms. The standard InChI is InChI=1S/C10H15N/c1-2-5-9-6-4-8-11-10(9)7-3-1/h2-3,5,7,9-11H,1,4,6,8H2. The molecule has 0 bridgehead atoms. The minimum absolute atomic E-state index is 0.627. The lowest BCUT2D eigenvalue weighted by molar-refractivity contribution is 0.376. The van der Waals surface area contributed by atoms with Crippen molar-refractivity contribution >= 4 is 0 Å². The first-order chi connectivity index (χ1) is 5.47. The zero-order valence-electron chi connectivity index (χ0n) is 6.79. The highest BCUT2D eigenvalue weighted by Crippen LogP contribution is 2.21. The Bertz CT molecular complexity index is 161. The molecule has 2 unspecified atom stereocenters. The fourth-order valence-electron chi connectivity index (χ4n) is 1.92. The molecule has 2 atom stereocenters. The van der Waals surface area contributed by atoms with Crippen molar-refractivity contribution in [1.82, 2.24) is 5.32 Å². The van der Waals surface area contributed by atoms with E-state index in [2.05, 4.69) is 29.6 Å². The summed E-state index contributed by atoms with van der Waals surface area (Å²) in [5, 5.41) is 3.52. The van der Waals surface area contributed by atoms with Crippen molar-refractivity contribution < 1.29 is 0 Å². The third kappa shape index (κ3) is 1.54. The third-order valence-corrected chi connectivity index (χ3v) is 2.55. The summed E-state index contributed by atoms with van der Waals surface area (Å²) in [6.07, 6.45) is 13.1. The van der Waals surface area contributed by atoms with Crippen LogP contribution >= 0.6 is 0 Å². The molecule has 2 rings (SSSR count). The first-order valence-corrected chi connectivity index (χ1v) is 4.53. The fraction of sp³-hybridized carbons (Fsp3) is 0.600. The van der Waals surface area contributed by atoms with Crippen molar-refractivity contribution in [3.63, 3.8) is 0 Å². The molecular formula is C10H15N. The largest absolute Gasteiger partial charge is 0.310 e. The van der Waals surface area contributed by atoms with Crippen molar-refractivity contribution in [1.29, 1.82) is 0 Å². The van der Waals surface area contributed by atoms with Gasteiger partial charge in [-0.05, 0) is 31.7 Å². The van der Waals surface area contributed by atoms with Gasteiger partial charge in [-0.3, -0.25) is 0 Å². The smallest absolute Gasteiger partial charge is 0.0313 e. The maximum atomic E-state index is 3.52. The molecule has 1 nitrogen and oxygen atoms in total. The van der Waals surface area contributed by atoms with Gasteiger partial charge in [0, 0.05) is 6.04 Å². The minimum atomic E-state index is 0.627. The highest BCUT2D eigenvalue weighted by atomic mass is 14.9. The predicted octanol–water partition coefficient (Wildman–Crippen LogP) is 1.87. The van der Waals surface area contributed by atoms with Crippen LogP contribution < -0.4 is 5.32 Å². The molecule has 0 aromatic carbocycles. The van der Waals surface area contributed by atoms with Crippen LogP contribution in [0.5, 0.6) is 0 Å². The van der Waals surface area contributed by atoms with Gasteiger partial charge in [-0.1, -0.05) is 24.3 Å². The van der Waals surface area contributed by atoms with Crippen LogP contribution in [0.1, 0.15) is 19.3 Å². The van der Waals surface area contributed by atoms with Crippen molar-refractivity contribution in [2.24, 2.45) is 5.92 Å². The summed E-state index contributed by atoms with van der Waals surface area (Å²) in [7, 11) is 0. The van der Waals surface area contributed by atoms with Crippen LogP contribution in [0.25, 0.3) is 0 Å². The van der Waals surface area contributed by atoms with Gasteiger partial charge in [-0.25, -0.2) is 0 Å². The number of fused-ring (bicyclic) bond motifs is 1. The highest BCUT2D eigenvalue weighted by Gasteiger charge is 2.20. The molecule has 11 heavy (non-hydrogen) atoms. The van der Waals surface area contributed by atoms with E-state index >= 15 is 0 Å². The quantitative estimate of drug-likeness (QED) is 0.518. The average Bonchev–Trinajstić information content (AvgIpc) is 2.28. The summed E-state index contributed by atoms with van der Waals surface area (Å²) < 4.78 is 0. The van der Waals surface area contributed by atoms with Crippen molar-refractivity contribution in [2.45, 2.75) is 25.3 Å². The Balaban J connectivity index is 2.11. The Morgan fingerprint density at radius 2 is 2.09 bits per heavy atom. The molecule has 1 fully saturated rings. The van der Waals surface area contributed by atoms with Crippen LogP contribution in [-0.4, -0.2) is 12.6 Å². The number of rotatable bonds is 0. The number of hydrogen-bond acceptors (Lipinski definition) is 1. The summed E-state index contributed by atoms with van der Waals surface area (Å²) in [5.41, 5.74) is 0. The van der Waals surface area contributed by atoms with Gasteiger partial charge in [0.15, 0.2) is 0 Å². The Hall–Kier alpha value is -0.560. The Morgan fingerprint density at radius 3 is 3.09 bits per heavy atom. The average molecular weight is 149 g/mol. The van der Waals surface area contributed by atoms with E-state index in [-0.39, 0.29) is 0 Å². The van der Waals surface area contributed by atoms with E-state index in [4.69, 9.17) is 0 Å². The van der Waals surface area contributed by atoms with Crippen LogP contribution in [0.3, 0.4) is 0 Å². The van der Waals surface area contributed by atoms with Crippen molar-refractivity contribution in [3.8, 4) is 0 Å². The van der Waals surface area contributed by atoms with Gasteiger partial charge in [0.1, 0.15) is 0 Å². The van der Waals surface area contributed by atoms with Gasteiger partial charge in [0.05, 0.1) is 0 Å². The van der Waals surface area contributed by atoms with E-state index in [1.54, 1.807) is 0 Å². The Labute approximate surface area is 68.2 Å². The first kappa shape index (κ1) is 7.11. The van der Waals surface area contributed by atoms with E-state index in [9.17, 15) is 0 Å². The lowest BCUT2D eigenvalue weighted by Gasteiger charge is -2.27. The molecule has 1 N–H and O–H groups in total. The minimum Gasteiger partial charge on any atom is -0.310 e. The van der Waals surface area contributed by atoms with Gasteiger partial charge in [0.25, 0.3) is 0 Å². The van der Waals surface area contributed by atoms with E-state index < -0.39 is 0 Å². The molecule has 1 aliphatic carbocycles. The molecule has 1 heterocycles. The number of allylic oxidation sites excluding steroid dienone is 2. The van der Waals surface area contributed by atoms with Crippen LogP contribution in [0.15, 0.2) is 24.3 Å². The van der Waals surface area contributed by atoms with Crippen LogP contribution in [0.4, 0.5) is 0 Å². The monoisotopic (exact) mass is 149 g/mol. The zero-order valence-corrected chi connectivity index (χ0v) is 6.79.